The van der Waals surface area contributed by atoms with Gasteiger partial charge in [-0.3, -0.25) is 0 Å². The van der Waals surface area contributed by atoms with Gasteiger partial charge < -0.3 is 9.58 Å². The summed E-state index contributed by atoms with van der Waals surface area (Å²) in [6.07, 6.45) is 0.408. The molecule has 0 aliphatic carbocycles. The lowest BCUT2D eigenvalue weighted by atomic mass is 10.1. The summed E-state index contributed by atoms with van der Waals surface area (Å²) in [6, 6.07) is 17.0. The molecule has 0 aromatic heterocycles. The summed E-state index contributed by atoms with van der Waals surface area (Å²) >= 11 is 0. The van der Waals surface area contributed by atoms with Crippen molar-refractivity contribution in [1.82, 2.24) is 0 Å². The molecule has 0 saturated heterocycles. The Hall–Kier alpha value is -2.78. The van der Waals surface area contributed by atoms with E-state index >= 15 is 0 Å². The van der Waals surface area contributed by atoms with E-state index in [1.165, 1.54) is 0 Å². The molecule has 0 saturated carbocycles. The zero-order chi connectivity index (χ0) is 13.5. The van der Waals surface area contributed by atoms with Crippen LogP contribution in [0.5, 0.6) is 11.5 Å². The number of benzene rings is 2. The molecule has 0 fully saturated rings. The van der Waals surface area contributed by atoms with Crippen LogP contribution in [0.2, 0.25) is 0 Å². The van der Waals surface area contributed by atoms with Crippen LogP contribution in [0.3, 0.4) is 0 Å². The van der Waals surface area contributed by atoms with Gasteiger partial charge in [-0.05, 0) is 42.0 Å². The van der Waals surface area contributed by atoms with E-state index in [0.717, 1.165) is 22.6 Å². The first-order valence-corrected chi connectivity index (χ1v) is 5.88. The Morgan fingerprint density at radius 1 is 0.947 bits per heavy atom. The van der Waals surface area contributed by atoms with E-state index in [0.29, 0.717) is 13.0 Å². The maximum atomic E-state index is 8.59. The molecule has 0 N–H and O–H groups in total. The maximum Gasteiger partial charge on any atom is 0.239 e. The van der Waals surface area contributed by atoms with Crippen molar-refractivity contribution >= 4 is 0 Å². The van der Waals surface area contributed by atoms with Gasteiger partial charge in [0.25, 0.3) is 0 Å². The third kappa shape index (κ3) is 3.59. The predicted octanol–water partition coefficient (Wildman–Crippen LogP) is 3.96. The predicted molar refractivity (Wildman–Crippen MR) is 72.6 cm³/mol. The highest BCUT2D eigenvalue weighted by molar-refractivity contribution is 5.35. The topological polar surface area (TPSA) is 37.4 Å². The van der Waals surface area contributed by atoms with E-state index in [1.54, 1.807) is 0 Å². The molecule has 0 unspecified atom stereocenters. The van der Waals surface area contributed by atoms with Crippen LogP contribution in [0.1, 0.15) is 11.1 Å². The molecule has 2 aromatic rings. The van der Waals surface area contributed by atoms with E-state index < -0.39 is 0 Å². The van der Waals surface area contributed by atoms with Crippen LogP contribution in [-0.4, -0.2) is 0 Å². The van der Waals surface area contributed by atoms with Crippen LogP contribution in [0.25, 0.3) is 4.85 Å². The quantitative estimate of drug-likeness (QED) is 0.768. The van der Waals surface area contributed by atoms with Crippen molar-refractivity contribution in [2.75, 3.05) is 0 Å². The summed E-state index contributed by atoms with van der Waals surface area (Å²) in [5, 5.41) is 8.59. The van der Waals surface area contributed by atoms with Gasteiger partial charge in [0.05, 0.1) is 12.5 Å². The Bertz CT molecular complexity index is 558. The average molecular weight is 248 g/mol. The molecule has 92 valence electrons. The summed E-state index contributed by atoms with van der Waals surface area (Å²) in [5.74, 6) is 1.47. The van der Waals surface area contributed by atoms with Gasteiger partial charge in [-0.15, -0.1) is 0 Å². The second-order valence-electron chi connectivity index (χ2n) is 4.04. The SMILES string of the molecule is [C-]#[N+]Cc1ccc(Oc2ccc(CC#N)cc2)cc1. The first-order chi connectivity index (χ1) is 9.31. The third-order valence-corrected chi connectivity index (χ3v) is 2.63. The number of hydrogen-bond donors (Lipinski definition) is 0. The Kier molecular flexibility index (Phi) is 4.16. The van der Waals surface area contributed by atoms with E-state index in [1.807, 2.05) is 48.5 Å². The molecule has 0 radical (unpaired) electrons. The molecule has 3 nitrogen and oxygen atoms in total. The smallest absolute Gasteiger partial charge is 0.239 e. The fraction of sp³-hybridized carbons (Fsp3) is 0.125. The minimum Gasteiger partial charge on any atom is -0.457 e. The maximum absolute atomic E-state index is 8.59. The highest BCUT2D eigenvalue weighted by atomic mass is 16.5. The van der Waals surface area contributed by atoms with Crippen molar-refractivity contribution in [1.29, 1.82) is 5.26 Å². The molecular formula is C16H12N2O. The zero-order valence-corrected chi connectivity index (χ0v) is 10.3. The molecule has 0 amide bonds. The molecule has 0 atom stereocenters. The first kappa shape index (κ1) is 12.7. The van der Waals surface area contributed by atoms with Crippen molar-refractivity contribution in [3.63, 3.8) is 0 Å². The van der Waals surface area contributed by atoms with Crippen LogP contribution >= 0.6 is 0 Å². The van der Waals surface area contributed by atoms with E-state index in [-0.39, 0.29) is 0 Å². The number of hydrogen-bond acceptors (Lipinski definition) is 2. The molecule has 2 aromatic carbocycles. The third-order valence-electron chi connectivity index (χ3n) is 2.63. The summed E-state index contributed by atoms with van der Waals surface area (Å²) in [4.78, 5) is 3.33. The lowest BCUT2D eigenvalue weighted by Crippen LogP contribution is -1.86. The standard InChI is InChI=1S/C16H12N2O/c1-18-12-14-4-8-16(9-5-14)19-15-6-2-13(3-7-15)10-11-17/h2-9H,10,12H2. The van der Waals surface area contributed by atoms with Crippen LogP contribution in [0.15, 0.2) is 48.5 Å². The lowest BCUT2D eigenvalue weighted by Gasteiger charge is -2.06. The van der Waals surface area contributed by atoms with Crippen LogP contribution in [0.4, 0.5) is 0 Å². The van der Waals surface area contributed by atoms with Gasteiger partial charge in [-0.2, -0.15) is 5.26 Å². The molecule has 3 heteroatoms. The monoisotopic (exact) mass is 248 g/mol. The minimum absolute atomic E-state index is 0.392. The Morgan fingerprint density at radius 2 is 1.47 bits per heavy atom. The van der Waals surface area contributed by atoms with Crippen molar-refractivity contribution in [3.05, 3.63) is 71.1 Å². The number of nitrogens with zero attached hydrogens (tertiary/aromatic N) is 2. The largest absolute Gasteiger partial charge is 0.457 e. The van der Waals surface area contributed by atoms with Gasteiger partial charge in [0.2, 0.25) is 6.54 Å². The second kappa shape index (κ2) is 6.23. The van der Waals surface area contributed by atoms with Gasteiger partial charge >= 0.3 is 0 Å². The van der Waals surface area contributed by atoms with Gasteiger partial charge in [0.1, 0.15) is 11.5 Å². The lowest BCUT2D eigenvalue weighted by molar-refractivity contribution is 0.482. The van der Waals surface area contributed by atoms with Crippen molar-refractivity contribution < 1.29 is 4.74 Å². The van der Waals surface area contributed by atoms with Crippen LogP contribution in [-0.2, 0) is 13.0 Å². The van der Waals surface area contributed by atoms with Crippen LogP contribution < -0.4 is 4.74 Å². The summed E-state index contributed by atoms with van der Waals surface area (Å²) in [7, 11) is 0. The first-order valence-electron chi connectivity index (χ1n) is 5.88. The number of rotatable bonds is 4. The average Bonchev–Trinajstić information content (AvgIpc) is 2.44. The van der Waals surface area contributed by atoms with Crippen LogP contribution in [0, 0.1) is 17.9 Å². The van der Waals surface area contributed by atoms with E-state index in [2.05, 4.69) is 10.9 Å². The number of ether oxygens (including phenoxy) is 1. The van der Waals surface area contributed by atoms with Gasteiger partial charge in [-0.25, -0.2) is 6.57 Å². The number of nitriles is 1. The molecule has 0 aliphatic rings. The van der Waals surface area contributed by atoms with Crippen molar-refractivity contribution in [2.24, 2.45) is 0 Å². The summed E-state index contributed by atoms with van der Waals surface area (Å²) in [6.45, 7) is 7.19. The molecule has 19 heavy (non-hydrogen) atoms. The second-order valence-corrected chi connectivity index (χ2v) is 4.04. The molecular weight excluding hydrogens is 236 g/mol. The Morgan fingerprint density at radius 3 is 1.95 bits per heavy atom. The highest BCUT2D eigenvalue weighted by Crippen LogP contribution is 2.22. The minimum atomic E-state index is 0.392. The van der Waals surface area contributed by atoms with Gasteiger partial charge in [0, 0.05) is 5.56 Å². The van der Waals surface area contributed by atoms with Crippen molar-refractivity contribution in [3.8, 4) is 17.6 Å². The van der Waals surface area contributed by atoms with Gasteiger partial charge in [0.15, 0.2) is 0 Å². The fourth-order valence-corrected chi connectivity index (χ4v) is 1.66. The zero-order valence-electron chi connectivity index (χ0n) is 10.3. The Balaban J connectivity index is 2.04. The molecule has 2 rings (SSSR count). The molecule has 0 aliphatic heterocycles. The van der Waals surface area contributed by atoms with E-state index in [9.17, 15) is 0 Å². The summed E-state index contributed by atoms with van der Waals surface area (Å²) < 4.78 is 5.68. The normalized spacial score (nSPS) is 9.37. The fourth-order valence-electron chi connectivity index (χ4n) is 1.66. The molecule has 0 bridgehead atoms. The Labute approximate surface area is 112 Å². The van der Waals surface area contributed by atoms with Crippen molar-refractivity contribution in [2.45, 2.75) is 13.0 Å². The van der Waals surface area contributed by atoms with E-state index in [4.69, 9.17) is 16.6 Å². The summed E-state index contributed by atoms with van der Waals surface area (Å²) in [5.41, 5.74) is 1.95. The molecule has 0 spiro atoms. The highest BCUT2D eigenvalue weighted by Gasteiger charge is 1.99. The molecule has 0 heterocycles. The van der Waals surface area contributed by atoms with Gasteiger partial charge in [-0.1, -0.05) is 12.1 Å².